The molecule has 1 aromatic carbocycles. The van der Waals surface area contributed by atoms with Crippen molar-refractivity contribution in [2.24, 2.45) is 11.7 Å². The average molecular weight is 387 g/mol. The molecule has 0 radical (unpaired) electrons. The zero-order valence-corrected chi connectivity index (χ0v) is 15.7. The second-order valence-electron chi connectivity index (χ2n) is 5.87. The minimum atomic E-state index is -3.68. The lowest BCUT2D eigenvalue weighted by Gasteiger charge is -2.31. The molecule has 0 saturated carbocycles. The molecule has 7 nitrogen and oxygen atoms in total. The predicted molar refractivity (Wildman–Crippen MR) is 96.7 cm³/mol. The number of halogens is 1. The van der Waals surface area contributed by atoms with Crippen molar-refractivity contribution in [3.8, 4) is 6.07 Å². The lowest BCUT2D eigenvalue weighted by molar-refractivity contribution is -0.126. The number of sulfonamides is 1. The molecule has 1 aliphatic rings. The summed E-state index contributed by atoms with van der Waals surface area (Å²) in [5.74, 6) is -0.518. The first-order valence-electron chi connectivity index (χ1n) is 7.89. The summed E-state index contributed by atoms with van der Waals surface area (Å²) in [5.41, 5.74) is 6.44. The number of rotatable bonds is 5. The lowest BCUT2D eigenvalue weighted by atomic mass is 9.99. The van der Waals surface area contributed by atoms with E-state index in [2.05, 4.69) is 5.32 Å². The van der Waals surface area contributed by atoms with Crippen LogP contribution in [0.2, 0.25) is 0 Å². The van der Waals surface area contributed by atoms with Gasteiger partial charge >= 0.3 is 0 Å². The summed E-state index contributed by atoms with van der Waals surface area (Å²) < 4.78 is 27.0. The predicted octanol–water partition coefficient (Wildman–Crippen LogP) is 0.764. The third-order valence-corrected chi connectivity index (χ3v) is 6.02. The Balaban J connectivity index is 0.00000312. The van der Waals surface area contributed by atoms with Gasteiger partial charge in [0.15, 0.2) is 0 Å². The van der Waals surface area contributed by atoms with Gasteiger partial charge in [-0.1, -0.05) is 0 Å². The lowest BCUT2D eigenvalue weighted by Crippen LogP contribution is -2.46. The highest BCUT2D eigenvalue weighted by Crippen LogP contribution is 2.25. The Kier molecular flexibility index (Phi) is 7.83. The molecule has 0 aliphatic carbocycles. The standard InChI is InChI=1S/C16H22N4O3S.ClH/c1-12-9-15(5-4-13(12)10-18)24(22,23)20-8-2-3-14(11-20)16(21)19-7-6-17;/h4-5,9,14H,2-3,6-8,11,17H2,1H3,(H,19,21);1H. The SMILES string of the molecule is Cc1cc(S(=O)(=O)N2CCCC(C(=O)NCCN)C2)ccc1C#N.Cl. The number of piperidine rings is 1. The summed E-state index contributed by atoms with van der Waals surface area (Å²) in [6, 6.07) is 6.48. The first kappa shape index (κ1) is 21.4. The molecule has 1 amide bonds. The Morgan fingerprint density at radius 1 is 1.48 bits per heavy atom. The molecule has 1 aliphatic heterocycles. The normalized spacial score (nSPS) is 18.0. The summed E-state index contributed by atoms with van der Waals surface area (Å²) in [7, 11) is -3.68. The largest absolute Gasteiger partial charge is 0.355 e. The molecule has 1 aromatic rings. The van der Waals surface area contributed by atoms with E-state index in [4.69, 9.17) is 11.0 Å². The van der Waals surface area contributed by atoms with Gasteiger partial charge in [-0.2, -0.15) is 9.57 Å². The summed E-state index contributed by atoms with van der Waals surface area (Å²) in [5, 5.41) is 11.7. The van der Waals surface area contributed by atoms with E-state index in [0.717, 1.165) is 0 Å². The van der Waals surface area contributed by atoms with Gasteiger partial charge in [0.25, 0.3) is 0 Å². The quantitative estimate of drug-likeness (QED) is 0.775. The molecular formula is C16H23ClN4O3S. The first-order chi connectivity index (χ1) is 11.4. The second-order valence-corrected chi connectivity index (χ2v) is 7.81. The van der Waals surface area contributed by atoms with Crippen LogP contribution >= 0.6 is 12.4 Å². The molecule has 0 bridgehead atoms. The zero-order valence-electron chi connectivity index (χ0n) is 14.1. The Morgan fingerprint density at radius 2 is 2.20 bits per heavy atom. The van der Waals surface area contributed by atoms with Crippen LogP contribution in [-0.2, 0) is 14.8 Å². The summed E-state index contributed by atoms with van der Waals surface area (Å²) in [6.45, 7) is 3.00. The van der Waals surface area contributed by atoms with E-state index in [1.165, 1.54) is 22.5 Å². The van der Waals surface area contributed by atoms with E-state index in [9.17, 15) is 13.2 Å². The van der Waals surface area contributed by atoms with Gasteiger partial charge in [0.05, 0.1) is 22.4 Å². The molecule has 3 N–H and O–H groups in total. The van der Waals surface area contributed by atoms with Gasteiger partial charge in [0.1, 0.15) is 0 Å². The van der Waals surface area contributed by atoms with E-state index in [1.54, 1.807) is 6.92 Å². The minimum Gasteiger partial charge on any atom is -0.355 e. The highest BCUT2D eigenvalue weighted by molar-refractivity contribution is 7.89. The summed E-state index contributed by atoms with van der Waals surface area (Å²) >= 11 is 0. The van der Waals surface area contributed by atoms with Crippen LogP contribution in [0.15, 0.2) is 23.1 Å². The molecule has 2 rings (SSSR count). The molecular weight excluding hydrogens is 364 g/mol. The molecule has 1 saturated heterocycles. The number of aryl methyl sites for hydroxylation is 1. The summed E-state index contributed by atoms with van der Waals surface area (Å²) in [4.78, 5) is 12.2. The number of hydrogen-bond donors (Lipinski definition) is 2. The number of carbonyl (C=O) groups is 1. The molecule has 138 valence electrons. The Labute approximate surface area is 154 Å². The van der Waals surface area contributed by atoms with Gasteiger partial charge in [-0.3, -0.25) is 4.79 Å². The van der Waals surface area contributed by atoms with E-state index in [0.29, 0.717) is 43.6 Å². The number of amides is 1. The number of nitriles is 1. The molecule has 0 aromatic heterocycles. The molecule has 1 heterocycles. The van der Waals surface area contributed by atoms with Crippen LogP contribution in [0.3, 0.4) is 0 Å². The maximum absolute atomic E-state index is 12.8. The number of nitrogens with two attached hydrogens (primary N) is 1. The Bertz CT molecular complexity index is 761. The van der Waals surface area contributed by atoms with Gasteiger partial charge in [-0.25, -0.2) is 8.42 Å². The molecule has 0 spiro atoms. The van der Waals surface area contributed by atoms with Gasteiger partial charge in [0.2, 0.25) is 15.9 Å². The summed E-state index contributed by atoms with van der Waals surface area (Å²) in [6.07, 6.45) is 1.30. The van der Waals surface area contributed by atoms with Crippen molar-refractivity contribution < 1.29 is 13.2 Å². The van der Waals surface area contributed by atoms with Gasteiger partial charge in [-0.15, -0.1) is 12.4 Å². The monoisotopic (exact) mass is 386 g/mol. The van der Waals surface area contributed by atoms with Crippen molar-refractivity contribution in [3.63, 3.8) is 0 Å². The fraction of sp³-hybridized carbons (Fsp3) is 0.500. The number of nitrogens with zero attached hydrogens (tertiary/aromatic N) is 2. The second kappa shape index (κ2) is 9.15. The van der Waals surface area contributed by atoms with Crippen LogP contribution < -0.4 is 11.1 Å². The van der Waals surface area contributed by atoms with E-state index >= 15 is 0 Å². The topological polar surface area (TPSA) is 116 Å². The highest BCUT2D eigenvalue weighted by atomic mass is 35.5. The van der Waals surface area contributed by atoms with Crippen LogP contribution in [0.1, 0.15) is 24.0 Å². The van der Waals surface area contributed by atoms with E-state index in [1.807, 2.05) is 6.07 Å². The van der Waals surface area contributed by atoms with Crippen molar-refractivity contribution in [2.75, 3.05) is 26.2 Å². The van der Waals surface area contributed by atoms with E-state index in [-0.39, 0.29) is 35.7 Å². The van der Waals surface area contributed by atoms with Crippen molar-refractivity contribution in [1.82, 2.24) is 9.62 Å². The van der Waals surface area contributed by atoms with Crippen LogP contribution in [-0.4, -0.2) is 44.8 Å². The number of carbonyl (C=O) groups excluding carboxylic acids is 1. The smallest absolute Gasteiger partial charge is 0.243 e. The molecule has 1 atom stereocenters. The fourth-order valence-corrected chi connectivity index (χ4v) is 4.40. The Morgan fingerprint density at radius 3 is 2.80 bits per heavy atom. The number of benzene rings is 1. The third kappa shape index (κ3) is 4.92. The van der Waals surface area contributed by atoms with Gasteiger partial charge < -0.3 is 11.1 Å². The molecule has 1 unspecified atom stereocenters. The van der Waals surface area contributed by atoms with Crippen LogP contribution in [0.25, 0.3) is 0 Å². The number of nitrogens with one attached hydrogen (secondary N) is 1. The molecule has 9 heteroatoms. The van der Waals surface area contributed by atoms with Crippen molar-refractivity contribution >= 4 is 28.3 Å². The molecule has 1 fully saturated rings. The number of hydrogen-bond acceptors (Lipinski definition) is 5. The maximum atomic E-state index is 12.8. The van der Waals surface area contributed by atoms with Crippen molar-refractivity contribution in [3.05, 3.63) is 29.3 Å². The average Bonchev–Trinajstić information content (AvgIpc) is 2.59. The zero-order chi connectivity index (χ0) is 17.7. The maximum Gasteiger partial charge on any atom is 0.243 e. The molecule has 25 heavy (non-hydrogen) atoms. The van der Waals surface area contributed by atoms with Crippen LogP contribution in [0.5, 0.6) is 0 Å². The fourth-order valence-electron chi connectivity index (χ4n) is 2.79. The Hall–Kier alpha value is -1.66. The first-order valence-corrected chi connectivity index (χ1v) is 9.33. The van der Waals surface area contributed by atoms with E-state index < -0.39 is 10.0 Å². The van der Waals surface area contributed by atoms with Gasteiger partial charge in [-0.05, 0) is 43.5 Å². The minimum absolute atomic E-state index is 0. The van der Waals surface area contributed by atoms with Gasteiger partial charge in [0, 0.05) is 26.2 Å². The van der Waals surface area contributed by atoms with Crippen molar-refractivity contribution in [1.29, 1.82) is 5.26 Å². The van der Waals surface area contributed by atoms with Crippen LogP contribution in [0.4, 0.5) is 0 Å². The van der Waals surface area contributed by atoms with Crippen molar-refractivity contribution in [2.45, 2.75) is 24.7 Å². The highest BCUT2D eigenvalue weighted by Gasteiger charge is 2.33. The van der Waals surface area contributed by atoms with Crippen LogP contribution in [0, 0.1) is 24.2 Å². The third-order valence-electron chi connectivity index (χ3n) is 4.15.